The maximum absolute atomic E-state index is 12.9. The summed E-state index contributed by atoms with van der Waals surface area (Å²) in [5.41, 5.74) is 0.0669. The van der Waals surface area contributed by atoms with Crippen molar-refractivity contribution in [2.24, 2.45) is 0 Å². The van der Waals surface area contributed by atoms with E-state index < -0.39 is 11.7 Å². The fourth-order valence-electron chi connectivity index (χ4n) is 2.90. The minimum Gasteiger partial charge on any atom is -0.419 e. The zero-order chi connectivity index (χ0) is 21.9. The Morgan fingerprint density at radius 3 is 2.53 bits per heavy atom. The molecule has 0 unspecified atom stereocenters. The SMILES string of the molecule is CC(C)N(Cc1nnc(-c2ccccc2Cl)o1)C(=O)Cc1cccc(C(F)(F)F)c1. The van der Waals surface area contributed by atoms with Crippen LogP contribution in [0, 0.1) is 0 Å². The van der Waals surface area contributed by atoms with Gasteiger partial charge >= 0.3 is 6.18 Å². The molecule has 0 spiro atoms. The minimum absolute atomic E-state index is 0.0346. The molecule has 2 aromatic carbocycles. The Hall–Kier alpha value is -2.87. The quantitative estimate of drug-likeness (QED) is 0.519. The molecule has 3 aromatic rings. The lowest BCUT2D eigenvalue weighted by molar-refractivity contribution is -0.138. The summed E-state index contributed by atoms with van der Waals surface area (Å²) in [6, 6.07) is 11.5. The molecule has 0 fully saturated rings. The Balaban J connectivity index is 1.75. The first-order valence-corrected chi connectivity index (χ1v) is 9.56. The topological polar surface area (TPSA) is 59.2 Å². The summed E-state index contributed by atoms with van der Waals surface area (Å²) in [6.45, 7) is 3.64. The summed E-state index contributed by atoms with van der Waals surface area (Å²) < 4.78 is 44.4. The highest BCUT2D eigenvalue weighted by atomic mass is 35.5. The van der Waals surface area contributed by atoms with Gasteiger partial charge in [-0.3, -0.25) is 4.79 Å². The fourth-order valence-corrected chi connectivity index (χ4v) is 3.12. The van der Waals surface area contributed by atoms with Gasteiger partial charge in [0.15, 0.2) is 0 Å². The van der Waals surface area contributed by atoms with Gasteiger partial charge in [0.25, 0.3) is 0 Å². The highest BCUT2D eigenvalue weighted by Gasteiger charge is 2.30. The van der Waals surface area contributed by atoms with Gasteiger partial charge in [0, 0.05) is 6.04 Å². The number of carbonyl (C=O) groups is 1. The van der Waals surface area contributed by atoms with Crippen molar-refractivity contribution in [3.63, 3.8) is 0 Å². The van der Waals surface area contributed by atoms with Crippen molar-refractivity contribution in [1.82, 2.24) is 15.1 Å². The van der Waals surface area contributed by atoms with Crippen LogP contribution in [-0.4, -0.2) is 27.0 Å². The number of hydrogen-bond donors (Lipinski definition) is 0. The van der Waals surface area contributed by atoms with Crippen LogP contribution in [0.4, 0.5) is 13.2 Å². The Morgan fingerprint density at radius 1 is 1.13 bits per heavy atom. The van der Waals surface area contributed by atoms with E-state index >= 15 is 0 Å². The highest BCUT2D eigenvalue weighted by molar-refractivity contribution is 6.33. The first-order valence-electron chi connectivity index (χ1n) is 9.18. The third kappa shape index (κ3) is 5.18. The zero-order valence-electron chi connectivity index (χ0n) is 16.3. The van der Waals surface area contributed by atoms with Crippen LogP contribution in [0.15, 0.2) is 52.9 Å². The first kappa shape index (κ1) is 21.8. The number of benzene rings is 2. The van der Waals surface area contributed by atoms with E-state index in [0.717, 1.165) is 12.1 Å². The Kier molecular flexibility index (Phi) is 6.45. The van der Waals surface area contributed by atoms with Crippen LogP contribution in [0.3, 0.4) is 0 Å². The summed E-state index contributed by atoms with van der Waals surface area (Å²) in [6.07, 6.45) is -4.64. The molecule has 0 N–H and O–H groups in total. The summed E-state index contributed by atoms with van der Waals surface area (Å²) >= 11 is 6.14. The van der Waals surface area contributed by atoms with E-state index in [1.807, 2.05) is 0 Å². The molecule has 0 saturated carbocycles. The molecule has 5 nitrogen and oxygen atoms in total. The van der Waals surface area contributed by atoms with Gasteiger partial charge in [-0.1, -0.05) is 41.9 Å². The Bertz CT molecular complexity index is 1030. The predicted molar refractivity (Wildman–Crippen MR) is 106 cm³/mol. The van der Waals surface area contributed by atoms with E-state index in [0.29, 0.717) is 10.6 Å². The van der Waals surface area contributed by atoms with Crippen molar-refractivity contribution in [3.8, 4) is 11.5 Å². The normalized spacial score (nSPS) is 11.7. The monoisotopic (exact) mass is 437 g/mol. The van der Waals surface area contributed by atoms with E-state index in [1.165, 1.54) is 17.0 Å². The largest absolute Gasteiger partial charge is 0.419 e. The van der Waals surface area contributed by atoms with Crippen molar-refractivity contribution in [3.05, 3.63) is 70.6 Å². The lowest BCUT2D eigenvalue weighted by Crippen LogP contribution is -2.37. The van der Waals surface area contributed by atoms with Crippen LogP contribution in [-0.2, 0) is 23.9 Å². The second kappa shape index (κ2) is 8.87. The van der Waals surface area contributed by atoms with Crippen molar-refractivity contribution in [1.29, 1.82) is 0 Å². The first-order chi connectivity index (χ1) is 14.1. The molecule has 9 heteroatoms. The lowest BCUT2D eigenvalue weighted by Gasteiger charge is -2.25. The molecular formula is C21H19ClF3N3O2. The minimum atomic E-state index is -4.46. The van der Waals surface area contributed by atoms with Crippen molar-refractivity contribution >= 4 is 17.5 Å². The number of hydrogen-bond acceptors (Lipinski definition) is 4. The van der Waals surface area contributed by atoms with Gasteiger partial charge in [0.05, 0.1) is 29.1 Å². The number of alkyl halides is 3. The van der Waals surface area contributed by atoms with Crippen LogP contribution >= 0.6 is 11.6 Å². The van der Waals surface area contributed by atoms with E-state index in [-0.39, 0.29) is 42.3 Å². The Labute approximate surface area is 176 Å². The molecule has 0 aliphatic rings. The molecule has 0 saturated heterocycles. The number of halogens is 4. The number of rotatable bonds is 6. The van der Waals surface area contributed by atoms with Gasteiger partial charge < -0.3 is 9.32 Å². The summed E-state index contributed by atoms with van der Waals surface area (Å²) in [5.74, 6) is 0.0856. The molecule has 0 bridgehead atoms. The maximum atomic E-state index is 12.9. The van der Waals surface area contributed by atoms with Crippen LogP contribution in [0.2, 0.25) is 5.02 Å². The molecule has 3 rings (SSSR count). The predicted octanol–water partition coefficient (Wildman–Crippen LogP) is 5.39. The van der Waals surface area contributed by atoms with Gasteiger partial charge in [-0.05, 0) is 37.6 Å². The van der Waals surface area contributed by atoms with Crippen LogP contribution in [0.25, 0.3) is 11.5 Å². The second-order valence-electron chi connectivity index (χ2n) is 6.97. The molecule has 1 aromatic heterocycles. The second-order valence-corrected chi connectivity index (χ2v) is 7.38. The van der Waals surface area contributed by atoms with Crippen molar-refractivity contribution in [2.45, 2.75) is 39.0 Å². The van der Waals surface area contributed by atoms with E-state index in [4.69, 9.17) is 16.0 Å². The molecule has 30 heavy (non-hydrogen) atoms. The van der Waals surface area contributed by atoms with Crippen LogP contribution in [0.1, 0.15) is 30.9 Å². The van der Waals surface area contributed by atoms with Gasteiger partial charge in [0.2, 0.25) is 17.7 Å². The zero-order valence-corrected chi connectivity index (χ0v) is 17.0. The van der Waals surface area contributed by atoms with Gasteiger partial charge in [-0.2, -0.15) is 13.2 Å². The number of carbonyl (C=O) groups excluding carboxylic acids is 1. The Morgan fingerprint density at radius 2 is 1.87 bits per heavy atom. The average Bonchev–Trinajstić information content (AvgIpc) is 3.14. The number of amides is 1. The van der Waals surface area contributed by atoms with Gasteiger partial charge in [0.1, 0.15) is 0 Å². The third-order valence-corrected chi connectivity index (χ3v) is 4.76. The van der Waals surface area contributed by atoms with Crippen molar-refractivity contribution < 1.29 is 22.4 Å². The van der Waals surface area contributed by atoms with Crippen LogP contribution < -0.4 is 0 Å². The fraction of sp³-hybridized carbons (Fsp3) is 0.286. The van der Waals surface area contributed by atoms with Crippen LogP contribution in [0.5, 0.6) is 0 Å². The van der Waals surface area contributed by atoms with E-state index in [1.54, 1.807) is 38.1 Å². The van der Waals surface area contributed by atoms with E-state index in [2.05, 4.69) is 10.2 Å². The summed E-state index contributed by atoms with van der Waals surface area (Å²) in [4.78, 5) is 14.3. The van der Waals surface area contributed by atoms with E-state index in [9.17, 15) is 18.0 Å². The van der Waals surface area contributed by atoms with Crippen molar-refractivity contribution in [2.75, 3.05) is 0 Å². The standard InChI is InChI=1S/C21H19ClF3N3O2/c1-13(2)28(19(29)11-14-6-5-7-15(10-14)21(23,24)25)12-18-26-27-20(30-18)16-8-3-4-9-17(16)22/h3-10,13H,11-12H2,1-2H3. The third-order valence-electron chi connectivity index (χ3n) is 4.43. The molecule has 0 radical (unpaired) electrons. The summed E-state index contributed by atoms with van der Waals surface area (Å²) in [7, 11) is 0. The van der Waals surface area contributed by atoms with Gasteiger partial charge in [-0.25, -0.2) is 0 Å². The molecule has 0 atom stereocenters. The highest BCUT2D eigenvalue weighted by Crippen LogP contribution is 2.30. The maximum Gasteiger partial charge on any atom is 0.416 e. The molecular weight excluding hydrogens is 419 g/mol. The molecule has 1 amide bonds. The van der Waals surface area contributed by atoms with Gasteiger partial charge in [-0.15, -0.1) is 10.2 Å². The molecule has 0 aliphatic heterocycles. The lowest BCUT2D eigenvalue weighted by atomic mass is 10.1. The average molecular weight is 438 g/mol. The number of aromatic nitrogens is 2. The smallest absolute Gasteiger partial charge is 0.416 e. The molecule has 0 aliphatic carbocycles. The molecule has 1 heterocycles. The molecule has 158 valence electrons. The summed E-state index contributed by atoms with van der Waals surface area (Å²) in [5, 5.41) is 8.40. The number of nitrogens with zero attached hydrogens (tertiary/aromatic N) is 3.